The van der Waals surface area contributed by atoms with E-state index >= 15 is 0 Å². The van der Waals surface area contributed by atoms with Crippen molar-refractivity contribution in [2.45, 2.75) is 33.0 Å². The number of carbonyl (C=O) groups excluding carboxylic acids is 1. The molecule has 64 valence electrons. The molecule has 0 heterocycles. The zero-order valence-corrected chi connectivity index (χ0v) is 6.91. The quantitative estimate of drug-likeness (QED) is 0.380. The highest BCUT2D eigenvalue weighted by molar-refractivity contribution is 5.66. The van der Waals surface area contributed by atoms with Crippen LogP contribution in [0.25, 0.3) is 0 Å². The summed E-state index contributed by atoms with van der Waals surface area (Å²) >= 11 is 0. The number of rotatable bonds is 4. The van der Waals surface area contributed by atoms with Crippen LogP contribution in [0.1, 0.15) is 26.7 Å². The van der Waals surface area contributed by atoms with E-state index in [0.717, 1.165) is 6.42 Å². The summed E-state index contributed by atoms with van der Waals surface area (Å²) in [5.41, 5.74) is 0. The Hall–Kier alpha value is -0.830. The molecular formula is C8H14O3. The lowest BCUT2D eigenvalue weighted by molar-refractivity contribution is -0.164. The van der Waals surface area contributed by atoms with Gasteiger partial charge in [0.1, 0.15) is 0 Å². The van der Waals surface area contributed by atoms with Gasteiger partial charge in [-0.3, -0.25) is 4.79 Å². The second-order valence-electron chi connectivity index (χ2n) is 2.18. The number of aliphatic hydroxyl groups is 1. The van der Waals surface area contributed by atoms with Gasteiger partial charge in [-0.15, -0.1) is 0 Å². The number of ether oxygens (including phenoxy) is 1. The molecular weight excluding hydrogens is 144 g/mol. The molecule has 0 aromatic rings. The van der Waals surface area contributed by atoms with Crippen molar-refractivity contribution in [3.05, 3.63) is 12.2 Å². The first-order valence-corrected chi connectivity index (χ1v) is 3.67. The lowest BCUT2D eigenvalue weighted by Gasteiger charge is -2.06. The zero-order valence-electron chi connectivity index (χ0n) is 6.91. The first-order chi connectivity index (χ1) is 5.16. The smallest absolute Gasteiger partial charge is 0.304 e. The normalized spacial score (nSPS) is 13.4. The van der Waals surface area contributed by atoms with Crippen molar-refractivity contribution < 1.29 is 14.6 Å². The summed E-state index contributed by atoms with van der Waals surface area (Å²) in [6, 6.07) is 0. The van der Waals surface area contributed by atoms with E-state index < -0.39 is 12.3 Å². The van der Waals surface area contributed by atoms with E-state index in [0.29, 0.717) is 6.42 Å². The first kappa shape index (κ1) is 10.2. The van der Waals surface area contributed by atoms with Gasteiger partial charge < -0.3 is 9.84 Å². The van der Waals surface area contributed by atoms with E-state index in [1.54, 1.807) is 6.08 Å². The van der Waals surface area contributed by atoms with Crippen LogP contribution in [0, 0.1) is 0 Å². The standard InChI is InChI=1S/C8H14O3/c1-3-4-5-6-8(10)11-7(2)9/h4-5,8,10H,3,6H2,1-2H3/b5-4-. The van der Waals surface area contributed by atoms with Crippen molar-refractivity contribution in [1.82, 2.24) is 0 Å². The minimum absolute atomic E-state index is 0.368. The number of allylic oxidation sites excluding steroid dienone is 1. The maximum atomic E-state index is 10.3. The fourth-order valence-electron chi connectivity index (χ4n) is 0.619. The molecule has 0 rings (SSSR count). The van der Waals surface area contributed by atoms with Gasteiger partial charge in [-0.1, -0.05) is 19.1 Å². The van der Waals surface area contributed by atoms with Crippen molar-refractivity contribution in [1.29, 1.82) is 0 Å². The van der Waals surface area contributed by atoms with E-state index in [9.17, 15) is 4.79 Å². The van der Waals surface area contributed by atoms with Crippen LogP contribution >= 0.6 is 0 Å². The average Bonchev–Trinajstić information content (AvgIpc) is 1.86. The number of aliphatic hydroxyl groups excluding tert-OH is 1. The SMILES string of the molecule is CC/C=C\CC(O)OC(C)=O. The Morgan fingerprint density at radius 3 is 2.73 bits per heavy atom. The highest BCUT2D eigenvalue weighted by Gasteiger charge is 2.02. The molecule has 0 aromatic heterocycles. The molecule has 0 bridgehead atoms. The molecule has 1 atom stereocenters. The largest absolute Gasteiger partial charge is 0.436 e. The summed E-state index contributed by atoms with van der Waals surface area (Å²) < 4.78 is 4.46. The Morgan fingerprint density at radius 1 is 1.64 bits per heavy atom. The molecule has 11 heavy (non-hydrogen) atoms. The van der Waals surface area contributed by atoms with Crippen molar-refractivity contribution in [3.63, 3.8) is 0 Å². The zero-order chi connectivity index (χ0) is 8.69. The summed E-state index contributed by atoms with van der Waals surface area (Å²) in [6.07, 6.45) is 4.00. The Kier molecular flexibility index (Phi) is 5.47. The fourth-order valence-corrected chi connectivity index (χ4v) is 0.619. The minimum Gasteiger partial charge on any atom is -0.436 e. The second kappa shape index (κ2) is 5.92. The predicted octanol–water partition coefficient (Wildman–Crippen LogP) is 1.22. The van der Waals surface area contributed by atoms with Crippen molar-refractivity contribution in [3.8, 4) is 0 Å². The van der Waals surface area contributed by atoms with Crippen LogP contribution in [0.5, 0.6) is 0 Å². The lowest BCUT2D eigenvalue weighted by atomic mass is 10.3. The van der Waals surface area contributed by atoms with E-state index in [4.69, 9.17) is 5.11 Å². The van der Waals surface area contributed by atoms with Crippen LogP contribution in [-0.4, -0.2) is 17.4 Å². The van der Waals surface area contributed by atoms with Crippen molar-refractivity contribution in [2.24, 2.45) is 0 Å². The van der Waals surface area contributed by atoms with E-state index in [1.165, 1.54) is 6.92 Å². The molecule has 0 fully saturated rings. The van der Waals surface area contributed by atoms with Crippen LogP contribution in [0.15, 0.2) is 12.2 Å². The van der Waals surface area contributed by atoms with E-state index in [-0.39, 0.29) is 0 Å². The molecule has 0 radical (unpaired) electrons. The summed E-state index contributed by atoms with van der Waals surface area (Å²) in [7, 11) is 0. The van der Waals surface area contributed by atoms with Crippen molar-refractivity contribution >= 4 is 5.97 Å². The fraction of sp³-hybridized carbons (Fsp3) is 0.625. The highest BCUT2D eigenvalue weighted by atomic mass is 16.6. The van der Waals surface area contributed by atoms with Crippen LogP contribution in [0.4, 0.5) is 0 Å². The first-order valence-electron chi connectivity index (χ1n) is 3.67. The van der Waals surface area contributed by atoms with Crippen LogP contribution < -0.4 is 0 Å². The molecule has 0 amide bonds. The van der Waals surface area contributed by atoms with Gasteiger partial charge >= 0.3 is 5.97 Å². The summed E-state index contributed by atoms with van der Waals surface area (Å²) in [5.74, 6) is -0.456. The third-order valence-electron chi connectivity index (χ3n) is 1.04. The van der Waals surface area contributed by atoms with E-state index in [2.05, 4.69) is 4.74 Å². The Labute approximate surface area is 66.7 Å². The van der Waals surface area contributed by atoms with Gasteiger partial charge in [-0.05, 0) is 6.42 Å². The molecule has 0 aromatic carbocycles. The molecule has 3 nitrogen and oxygen atoms in total. The second-order valence-corrected chi connectivity index (χ2v) is 2.18. The minimum atomic E-state index is -0.990. The maximum absolute atomic E-state index is 10.3. The van der Waals surface area contributed by atoms with Gasteiger partial charge in [0.25, 0.3) is 0 Å². The number of hydrogen-bond donors (Lipinski definition) is 1. The molecule has 0 saturated carbocycles. The molecule has 1 unspecified atom stereocenters. The highest BCUT2D eigenvalue weighted by Crippen LogP contribution is 1.96. The summed E-state index contributed by atoms with van der Waals surface area (Å²) in [5, 5.41) is 8.95. The van der Waals surface area contributed by atoms with Crippen LogP contribution in [-0.2, 0) is 9.53 Å². The summed E-state index contributed by atoms with van der Waals surface area (Å²) in [4.78, 5) is 10.3. The monoisotopic (exact) mass is 158 g/mol. The molecule has 3 heteroatoms. The van der Waals surface area contributed by atoms with Crippen LogP contribution in [0.2, 0.25) is 0 Å². The Morgan fingerprint density at radius 2 is 2.27 bits per heavy atom. The topological polar surface area (TPSA) is 46.5 Å². The van der Waals surface area contributed by atoms with Crippen molar-refractivity contribution in [2.75, 3.05) is 0 Å². The average molecular weight is 158 g/mol. The molecule has 0 aliphatic heterocycles. The molecule has 0 spiro atoms. The number of hydrogen-bond acceptors (Lipinski definition) is 3. The molecule has 0 saturated heterocycles. The maximum Gasteiger partial charge on any atom is 0.304 e. The predicted molar refractivity (Wildman–Crippen MR) is 41.8 cm³/mol. The van der Waals surface area contributed by atoms with Gasteiger partial charge in [-0.2, -0.15) is 0 Å². The van der Waals surface area contributed by atoms with Gasteiger partial charge in [0, 0.05) is 13.3 Å². The molecule has 0 aliphatic carbocycles. The van der Waals surface area contributed by atoms with Gasteiger partial charge in [-0.25, -0.2) is 0 Å². The van der Waals surface area contributed by atoms with Gasteiger partial charge in [0.15, 0.2) is 0 Å². The number of esters is 1. The number of carbonyl (C=O) groups is 1. The summed E-state index contributed by atoms with van der Waals surface area (Å²) in [6.45, 7) is 3.27. The Bertz CT molecular complexity index is 140. The van der Waals surface area contributed by atoms with Crippen LogP contribution in [0.3, 0.4) is 0 Å². The molecule has 0 aliphatic rings. The third-order valence-corrected chi connectivity index (χ3v) is 1.04. The molecule has 1 N–H and O–H groups in total. The van der Waals surface area contributed by atoms with Gasteiger partial charge in [0.05, 0.1) is 0 Å². The third kappa shape index (κ3) is 7.06. The lowest BCUT2D eigenvalue weighted by Crippen LogP contribution is -2.13. The Balaban J connectivity index is 3.44. The van der Waals surface area contributed by atoms with Gasteiger partial charge in [0.2, 0.25) is 6.29 Å². The van der Waals surface area contributed by atoms with E-state index in [1.807, 2.05) is 13.0 Å².